The van der Waals surface area contributed by atoms with Gasteiger partial charge >= 0.3 is 0 Å². The molecule has 4 rings (SSSR count). The molecule has 0 saturated carbocycles. The number of hydrogen-bond acceptors (Lipinski definition) is 5. The minimum atomic E-state index is -0.751. The average molecular weight is 469 g/mol. The van der Waals surface area contributed by atoms with Crippen molar-refractivity contribution in [2.75, 3.05) is 12.0 Å². The van der Waals surface area contributed by atoms with Crippen LogP contribution < -0.4 is 14.8 Å². The highest BCUT2D eigenvalue weighted by molar-refractivity contribution is 6.04. The molecule has 0 bridgehead atoms. The number of ketones is 1. The third-order valence-electron chi connectivity index (χ3n) is 5.38. The number of ether oxygens (including phenoxy) is 2. The SMILES string of the molecule is Cn1ccc(NC(=O)c2cc(Oc3ccc(C(=O)CCCF)c(F)c3)c3c(c2)OC(C)(C)C3)n1. The Morgan fingerprint density at radius 2 is 2.03 bits per heavy atom. The number of anilines is 1. The molecule has 2 heterocycles. The Hall–Kier alpha value is -3.75. The molecular formula is C25H25F2N3O4. The fourth-order valence-electron chi connectivity index (χ4n) is 3.81. The first-order chi connectivity index (χ1) is 16.1. The van der Waals surface area contributed by atoms with Crippen molar-refractivity contribution in [2.24, 2.45) is 7.05 Å². The number of hydrogen-bond donors (Lipinski definition) is 1. The van der Waals surface area contributed by atoms with E-state index in [0.29, 0.717) is 23.7 Å². The van der Waals surface area contributed by atoms with Crippen LogP contribution in [-0.2, 0) is 13.5 Å². The van der Waals surface area contributed by atoms with Gasteiger partial charge in [-0.15, -0.1) is 0 Å². The zero-order valence-electron chi connectivity index (χ0n) is 19.2. The Morgan fingerprint density at radius 1 is 1.24 bits per heavy atom. The van der Waals surface area contributed by atoms with Crippen LogP contribution in [0.3, 0.4) is 0 Å². The molecular weight excluding hydrogens is 444 g/mol. The molecule has 0 spiro atoms. The van der Waals surface area contributed by atoms with Gasteiger partial charge in [0.2, 0.25) is 0 Å². The molecule has 0 atom stereocenters. The van der Waals surface area contributed by atoms with Gasteiger partial charge in [-0.2, -0.15) is 5.10 Å². The van der Waals surface area contributed by atoms with Crippen molar-refractivity contribution in [1.82, 2.24) is 9.78 Å². The summed E-state index contributed by atoms with van der Waals surface area (Å²) in [6, 6.07) is 8.78. The summed E-state index contributed by atoms with van der Waals surface area (Å²) >= 11 is 0. The molecule has 1 aliphatic heterocycles. The quantitative estimate of drug-likeness (QED) is 0.456. The van der Waals surface area contributed by atoms with E-state index in [2.05, 4.69) is 10.4 Å². The van der Waals surface area contributed by atoms with Crippen LogP contribution in [-0.4, -0.2) is 33.7 Å². The molecule has 0 unspecified atom stereocenters. The van der Waals surface area contributed by atoms with Gasteiger partial charge in [0, 0.05) is 49.3 Å². The van der Waals surface area contributed by atoms with Gasteiger partial charge in [-0.05, 0) is 44.5 Å². The number of benzene rings is 2. The summed E-state index contributed by atoms with van der Waals surface area (Å²) in [5.41, 5.74) is 0.423. The highest BCUT2D eigenvalue weighted by Crippen LogP contribution is 2.43. The number of halogens is 2. The van der Waals surface area contributed by atoms with Crippen LogP contribution >= 0.6 is 0 Å². The molecule has 2 aromatic carbocycles. The highest BCUT2D eigenvalue weighted by atomic mass is 19.1. The number of fused-ring (bicyclic) bond motifs is 1. The van der Waals surface area contributed by atoms with Crippen molar-refractivity contribution in [2.45, 2.75) is 38.7 Å². The number of nitrogens with zero attached hydrogens (tertiary/aromatic N) is 2. The summed E-state index contributed by atoms with van der Waals surface area (Å²) in [7, 11) is 1.74. The second-order valence-electron chi connectivity index (χ2n) is 8.78. The predicted molar refractivity (Wildman–Crippen MR) is 122 cm³/mol. The van der Waals surface area contributed by atoms with Gasteiger partial charge in [-0.25, -0.2) is 4.39 Å². The normalized spacial score (nSPS) is 13.8. The van der Waals surface area contributed by atoms with Gasteiger partial charge in [0.05, 0.1) is 12.2 Å². The zero-order chi connectivity index (χ0) is 24.5. The van der Waals surface area contributed by atoms with E-state index in [4.69, 9.17) is 9.47 Å². The van der Waals surface area contributed by atoms with Crippen LogP contribution in [0.1, 0.15) is 53.0 Å². The van der Waals surface area contributed by atoms with E-state index < -0.39 is 29.8 Å². The van der Waals surface area contributed by atoms with Gasteiger partial charge in [-0.3, -0.25) is 18.7 Å². The lowest BCUT2D eigenvalue weighted by molar-refractivity contribution is 0.0972. The monoisotopic (exact) mass is 469 g/mol. The van der Waals surface area contributed by atoms with Crippen molar-refractivity contribution >= 4 is 17.5 Å². The van der Waals surface area contributed by atoms with E-state index in [-0.39, 0.29) is 29.7 Å². The fraction of sp³-hybridized carbons (Fsp3) is 0.320. The second kappa shape index (κ2) is 9.24. The molecule has 7 nitrogen and oxygen atoms in total. The Kier molecular flexibility index (Phi) is 6.37. The van der Waals surface area contributed by atoms with Crippen LogP contribution in [0.15, 0.2) is 42.6 Å². The lowest BCUT2D eigenvalue weighted by Gasteiger charge is -2.16. The van der Waals surface area contributed by atoms with E-state index >= 15 is 0 Å². The number of nitrogens with one attached hydrogen (secondary N) is 1. The number of carbonyl (C=O) groups excluding carboxylic acids is 2. The van der Waals surface area contributed by atoms with E-state index in [0.717, 1.165) is 11.6 Å². The maximum Gasteiger partial charge on any atom is 0.257 e. The zero-order valence-corrected chi connectivity index (χ0v) is 19.2. The minimum Gasteiger partial charge on any atom is -0.487 e. The predicted octanol–water partition coefficient (Wildman–Crippen LogP) is 5.25. The Morgan fingerprint density at radius 3 is 2.71 bits per heavy atom. The standard InChI is InChI=1S/C25H25F2N3O4/c1-25(2)14-18-21(33-16-6-7-17(19(27)13-16)20(31)5-4-9-26)11-15(12-22(18)34-25)24(32)28-23-8-10-30(3)29-23/h6-8,10-13H,4-5,9,14H2,1-3H3,(H,28,29,32). The summed E-state index contributed by atoms with van der Waals surface area (Å²) in [6.45, 7) is 3.20. The molecule has 178 valence electrons. The molecule has 1 amide bonds. The Bertz CT molecular complexity index is 1250. The fourth-order valence-corrected chi connectivity index (χ4v) is 3.81. The molecule has 0 fully saturated rings. The number of aromatic nitrogens is 2. The summed E-state index contributed by atoms with van der Waals surface area (Å²) in [4.78, 5) is 24.9. The topological polar surface area (TPSA) is 82.5 Å². The van der Waals surface area contributed by atoms with Crippen LogP contribution in [0.25, 0.3) is 0 Å². The van der Waals surface area contributed by atoms with E-state index in [1.165, 1.54) is 12.1 Å². The van der Waals surface area contributed by atoms with Gasteiger partial charge < -0.3 is 14.8 Å². The number of carbonyl (C=O) groups is 2. The van der Waals surface area contributed by atoms with Crippen LogP contribution in [0.2, 0.25) is 0 Å². The average Bonchev–Trinajstić information content (AvgIpc) is 3.32. The van der Waals surface area contributed by atoms with Gasteiger partial charge in [0.15, 0.2) is 11.6 Å². The van der Waals surface area contributed by atoms with Crippen molar-refractivity contribution in [3.8, 4) is 17.2 Å². The largest absolute Gasteiger partial charge is 0.487 e. The Labute approximate surface area is 195 Å². The smallest absolute Gasteiger partial charge is 0.257 e. The first-order valence-corrected chi connectivity index (χ1v) is 10.9. The van der Waals surface area contributed by atoms with Crippen LogP contribution in [0, 0.1) is 5.82 Å². The maximum absolute atomic E-state index is 14.6. The first kappa shape index (κ1) is 23.4. The number of alkyl halides is 1. The first-order valence-electron chi connectivity index (χ1n) is 10.9. The lowest BCUT2D eigenvalue weighted by atomic mass is 9.99. The summed E-state index contributed by atoms with van der Waals surface area (Å²) < 4.78 is 40.5. The molecule has 9 heteroatoms. The van der Waals surface area contributed by atoms with Crippen molar-refractivity contribution < 1.29 is 27.8 Å². The minimum absolute atomic E-state index is 0.0474. The van der Waals surface area contributed by atoms with Gasteiger partial charge in [0.25, 0.3) is 5.91 Å². The van der Waals surface area contributed by atoms with Crippen LogP contribution in [0.5, 0.6) is 17.2 Å². The molecule has 34 heavy (non-hydrogen) atoms. The van der Waals surface area contributed by atoms with Crippen molar-refractivity contribution in [1.29, 1.82) is 0 Å². The maximum atomic E-state index is 14.6. The summed E-state index contributed by atoms with van der Waals surface area (Å²) in [5, 5.41) is 6.87. The van der Waals surface area contributed by atoms with Gasteiger partial charge in [0.1, 0.15) is 28.7 Å². The van der Waals surface area contributed by atoms with E-state index in [1.807, 2.05) is 13.8 Å². The third-order valence-corrected chi connectivity index (χ3v) is 5.38. The number of Topliss-reactive ketones (excluding diaryl/α,β-unsaturated/α-hetero) is 1. The highest BCUT2D eigenvalue weighted by Gasteiger charge is 2.34. The molecule has 1 aromatic heterocycles. The van der Waals surface area contributed by atoms with E-state index in [9.17, 15) is 18.4 Å². The molecule has 0 radical (unpaired) electrons. The number of amides is 1. The van der Waals surface area contributed by atoms with E-state index in [1.54, 1.807) is 36.1 Å². The van der Waals surface area contributed by atoms with Crippen molar-refractivity contribution in [3.05, 3.63) is 65.1 Å². The number of aryl methyl sites for hydroxylation is 1. The third kappa shape index (κ3) is 5.08. The summed E-state index contributed by atoms with van der Waals surface area (Å²) in [5.74, 6) is -0.206. The van der Waals surface area contributed by atoms with Crippen LogP contribution in [0.4, 0.5) is 14.6 Å². The molecule has 1 N–H and O–H groups in total. The number of rotatable bonds is 8. The molecule has 0 saturated heterocycles. The second-order valence-corrected chi connectivity index (χ2v) is 8.78. The molecule has 1 aliphatic rings. The van der Waals surface area contributed by atoms with Crippen molar-refractivity contribution in [3.63, 3.8) is 0 Å². The Balaban J connectivity index is 1.63. The molecule has 0 aliphatic carbocycles. The van der Waals surface area contributed by atoms with Gasteiger partial charge in [-0.1, -0.05) is 0 Å². The molecule has 3 aromatic rings. The lowest BCUT2D eigenvalue weighted by Crippen LogP contribution is -2.24. The summed E-state index contributed by atoms with van der Waals surface area (Å²) in [6.07, 6.45) is 2.22.